The number of carbonyl (C=O) groups excluding carboxylic acids is 1. The highest BCUT2D eigenvalue weighted by Gasteiger charge is 2.23. The Morgan fingerprint density at radius 3 is 2.41 bits per heavy atom. The Hall–Kier alpha value is -3.68. The number of rotatable bonds is 6. The van der Waals surface area contributed by atoms with Crippen LogP contribution in [-0.4, -0.2) is 34.3 Å². The van der Waals surface area contributed by atoms with Gasteiger partial charge in [0.1, 0.15) is 17.3 Å². The third kappa shape index (κ3) is 4.12. The van der Waals surface area contributed by atoms with E-state index in [1.807, 2.05) is 0 Å². The topological polar surface area (TPSA) is 104 Å². The minimum Gasteiger partial charge on any atom is -0.497 e. The number of halogens is 1. The smallest absolute Gasteiger partial charge is 0.330 e. The van der Waals surface area contributed by atoms with Crippen LogP contribution in [0.4, 0.5) is 4.39 Å². The molecule has 0 saturated carbocycles. The minimum absolute atomic E-state index is 0.106. The van der Waals surface area contributed by atoms with E-state index in [4.69, 9.17) is 4.74 Å². The summed E-state index contributed by atoms with van der Waals surface area (Å²) in [6.45, 7) is 0. The molecule has 7 nitrogen and oxygen atoms in total. The molecule has 0 radical (unpaired) electrons. The van der Waals surface area contributed by atoms with Crippen LogP contribution in [0.5, 0.6) is 5.75 Å². The zero-order chi connectivity index (χ0) is 19.4. The number of aromatic nitrogens is 2. The molecule has 0 saturated heterocycles. The third-order valence-electron chi connectivity index (χ3n) is 3.93. The van der Waals surface area contributed by atoms with E-state index in [2.05, 4.69) is 15.5 Å². The molecule has 8 heteroatoms. The van der Waals surface area contributed by atoms with Crippen LogP contribution >= 0.6 is 0 Å². The number of carbonyl (C=O) groups is 2. The number of benzene rings is 2. The molecule has 2 aromatic carbocycles. The lowest BCUT2D eigenvalue weighted by Crippen LogP contribution is -2.34. The number of nitrogens with zero attached hydrogens (tertiary/aromatic N) is 1. The maximum Gasteiger partial charge on any atom is 0.330 e. The van der Waals surface area contributed by atoms with E-state index < -0.39 is 23.7 Å². The summed E-state index contributed by atoms with van der Waals surface area (Å²) in [7, 11) is 1.56. The van der Waals surface area contributed by atoms with Gasteiger partial charge in [0.2, 0.25) is 0 Å². The fourth-order valence-electron chi connectivity index (χ4n) is 2.50. The fourth-order valence-corrected chi connectivity index (χ4v) is 2.50. The summed E-state index contributed by atoms with van der Waals surface area (Å²) in [5.41, 5.74) is 1.65. The molecule has 0 aliphatic carbocycles. The van der Waals surface area contributed by atoms with Crippen molar-refractivity contribution in [2.75, 3.05) is 7.11 Å². The summed E-state index contributed by atoms with van der Waals surface area (Å²) in [6.07, 6.45) is 0. The second-order valence-electron chi connectivity index (χ2n) is 5.69. The Balaban J connectivity index is 1.77. The summed E-state index contributed by atoms with van der Waals surface area (Å²) in [4.78, 5) is 23.9. The molecule has 3 rings (SSSR count). The average molecular weight is 369 g/mol. The molecule has 1 aromatic heterocycles. The quantitative estimate of drug-likeness (QED) is 0.620. The molecule has 3 aromatic rings. The Morgan fingerprint density at radius 2 is 1.81 bits per heavy atom. The summed E-state index contributed by atoms with van der Waals surface area (Å²) < 4.78 is 18.1. The van der Waals surface area contributed by atoms with Gasteiger partial charge in [-0.25, -0.2) is 9.18 Å². The first kappa shape index (κ1) is 18.1. The van der Waals surface area contributed by atoms with Gasteiger partial charge in [-0.05, 0) is 48.0 Å². The molecular formula is C19H16FN3O4. The molecule has 1 heterocycles. The molecule has 3 N–H and O–H groups in total. The average Bonchev–Trinajstić information content (AvgIpc) is 3.17. The fraction of sp³-hybridized carbons (Fsp3) is 0.105. The minimum atomic E-state index is -1.31. The molecule has 138 valence electrons. The SMILES string of the molecule is COc1ccc(-c2cc(C(=O)N[C@@H](C(=O)O)c3ccc(F)cc3)[nH]n2)cc1. The summed E-state index contributed by atoms with van der Waals surface area (Å²) in [6, 6.07) is 12.2. The van der Waals surface area contributed by atoms with Crippen molar-refractivity contribution in [3.8, 4) is 17.0 Å². The van der Waals surface area contributed by atoms with E-state index in [0.29, 0.717) is 11.4 Å². The number of H-pyrrole nitrogens is 1. The van der Waals surface area contributed by atoms with Crippen molar-refractivity contribution in [3.63, 3.8) is 0 Å². The van der Waals surface area contributed by atoms with Crippen LogP contribution in [0.25, 0.3) is 11.3 Å². The lowest BCUT2D eigenvalue weighted by molar-refractivity contribution is -0.139. The number of aliphatic carboxylic acids is 1. The van der Waals surface area contributed by atoms with Gasteiger partial charge in [-0.2, -0.15) is 5.10 Å². The molecule has 0 aliphatic heterocycles. The standard InChI is InChI=1S/C19H16FN3O4/c1-27-14-8-4-11(5-9-14)15-10-16(23-22-15)18(24)21-17(19(25)26)12-2-6-13(20)7-3-12/h2-10,17H,1H3,(H,21,24)(H,22,23)(H,25,26)/t17-/m1/s1. The number of amides is 1. The number of carboxylic acids is 1. The number of methoxy groups -OCH3 is 1. The highest BCUT2D eigenvalue weighted by molar-refractivity contribution is 5.96. The normalized spacial score (nSPS) is 11.6. The van der Waals surface area contributed by atoms with Crippen LogP contribution in [0, 0.1) is 5.82 Å². The first-order chi connectivity index (χ1) is 13.0. The number of nitrogens with one attached hydrogen (secondary N) is 2. The Labute approximate surface area is 153 Å². The zero-order valence-corrected chi connectivity index (χ0v) is 14.3. The van der Waals surface area contributed by atoms with E-state index in [9.17, 15) is 19.1 Å². The number of hydrogen-bond donors (Lipinski definition) is 3. The number of aromatic amines is 1. The molecule has 0 fully saturated rings. The van der Waals surface area contributed by atoms with E-state index in [-0.39, 0.29) is 11.3 Å². The van der Waals surface area contributed by atoms with Crippen LogP contribution < -0.4 is 10.1 Å². The van der Waals surface area contributed by atoms with E-state index >= 15 is 0 Å². The highest BCUT2D eigenvalue weighted by Crippen LogP contribution is 2.21. The van der Waals surface area contributed by atoms with E-state index in [0.717, 1.165) is 17.7 Å². The predicted octanol–water partition coefficient (Wildman–Crippen LogP) is 2.78. The maximum atomic E-state index is 13.0. The van der Waals surface area contributed by atoms with Crippen molar-refractivity contribution >= 4 is 11.9 Å². The number of carboxylic acid groups (broad SMARTS) is 1. The van der Waals surface area contributed by atoms with Crippen molar-refractivity contribution in [1.29, 1.82) is 0 Å². The van der Waals surface area contributed by atoms with Crippen LogP contribution in [0.1, 0.15) is 22.1 Å². The summed E-state index contributed by atoms with van der Waals surface area (Å²) in [5.74, 6) is -1.70. The third-order valence-corrected chi connectivity index (χ3v) is 3.93. The van der Waals surface area contributed by atoms with Crippen LogP contribution in [-0.2, 0) is 4.79 Å². The Bertz CT molecular complexity index is 952. The van der Waals surface area contributed by atoms with Gasteiger partial charge in [-0.1, -0.05) is 12.1 Å². The molecule has 0 bridgehead atoms. The molecule has 27 heavy (non-hydrogen) atoms. The molecule has 0 unspecified atom stereocenters. The molecule has 0 aliphatic rings. The van der Waals surface area contributed by atoms with Crippen molar-refractivity contribution in [3.05, 3.63) is 71.7 Å². The van der Waals surface area contributed by atoms with E-state index in [1.54, 1.807) is 31.4 Å². The monoisotopic (exact) mass is 369 g/mol. The van der Waals surface area contributed by atoms with Crippen molar-refractivity contribution in [1.82, 2.24) is 15.5 Å². The van der Waals surface area contributed by atoms with Gasteiger partial charge in [-0.15, -0.1) is 0 Å². The van der Waals surface area contributed by atoms with Gasteiger partial charge in [0.15, 0.2) is 6.04 Å². The van der Waals surface area contributed by atoms with Crippen LogP contribution in [0.2, 0.25) is 0 Å². The molecular weight excluding hydrogens is 353 g/mol. The lowest BCUT2D eigenvalue weighted by atomic mass is 10.1. The Morgan fingerprint density at radius 1 is 1.15 bits per heavy atom. The lowest BCUT2D eigenvalue weighted by Gasteiger charge is -2.14. The van der Waals surface area contributed by atoms with E-state index in [1.165, 1.54) is 18.2 Å². The summed E-state index contributed by atoms with van der Waals surface area (Å²) >= 11 is 0. The number of ether oxygens (including phenoxy) is 1. The largest absolute Gasteiger partial charge is 0.497 e. The number of hydrogen-bond acceptors (Lipinski definition) is 4. The van der Waals surface area contributed by atoms with Gasteiger partial charge < -0.3 is 15.2 Å². The Kier molecular flexibility index (Phi) is 5.16. The first-order valence-corrected chi connectivity index (χ1v) is 7.97. The molecule has 1 amide bonds. The summed E-state index contributed by atoms with van der Waals surface area (Å²) in [5, 5.41) is 18.4. The van der Waals surface area contributed by atoms with Crippen LogP contribution in [0.3, 0.4) is 0 Å². The highest BCUT2D eigenvalue weighted by atomic mass is 19.1. The zero-order valence-electron chi connectivity index (χ0n) is 14.3. The predicted molar refractivity (Wildman–Crippen MR) is 94.8 cm³/mol. The second-order valence-corrected chi connectivity index (χ2v) is 5.69. The van der Waals surface area contributed by atoms with Gasteiger partial charge in [-0.3, -0.25) is 9.89 Å². The first-order valence-electron chi connectivity index (χ1n) is 7.97. The van der Waals surface area contributed by atoms with Crippen molar-refractivity contribution < 1.29 is 23.8 Å². The maximum absolute atomic E-state index is 13.0. The van der Waals surface area contributed by atoms with Crippen molar-refractivity contribution in [2.24, 2.45) is 0 Å². The van der Waals surface area contributed by atoms with Gasteiger partial charge in [0.05, 0.1) is 12.8 Å². The van der Waals surface area contributed by atoms with Crippen LogP contribution in [0.15, 0.2) is 54.6 Å². The molecule has 1 atom stereocenters. The van der Waals surface area contributed by atoms with Crippen molar-refractivity contribution in [2.45, 2.75) is 6.04 Å². The molecule has 0 spiro atoms. The second kappa shape index (κ2) is 7.69. The van der Waals surface area contributed by atoms with Gasteiger partial charge in [0.25, 0.3) is 5.91 Å². The van der Waals surface area contributed by atoms with Gasteiger partial charge in [0, 0.05) is 5.56 Å². The van der Waals surface area contributed by atoms with Gasteiger partial charge >= 0.3 is 5.97 Å².